The number of para-hydroxylation sites is 2. The van der Waals surface area contributed by atoms with Crippen molar-refractivity contribution in [1.82, 2.24) is 4.98 Å². The van der Waals surface area contributed by atoms with Crippen molar-refractivity contribution in [3.8, 4) is 17.2 Å². The van der Waals surface area contributed by atoms with Crippen LogP contribution in [0.3, 0.4) is 0 Å². The number of hydrogen-bond acceptors (Lipinski definition) is 5. The Labute approximate surface area is 162 Å². The number of carboxylic acids is 1. The second-order valence-corrected chi connectivity index (χ2v) is 6.39. The summed E-state index contributed by atoms with van der Waals surface area (Å²) in [6, 6.07) is 12.3. The monoisotopic (exact) mass is 382 g/mol. The first-order valence-electron chi connectivity index (χ1n) is 9.21. The normalized spacial score (nSPS) is 10.8. The van der Waals surface area contributed by atoms with Gasteiger partial charge in [-0.25, -0.2) is 9.78 Å². The highest BCUT2D eigenvalue weighted by molar-refractivity contribution is 5.91. The van der Waals surface area contributed by atoms with Gasteiger partial charge in [0.15, 0.2) is 12.2 Å². The molecular formula is C21H22N2O5. The number of benzene rings is 2. The van der Waals surface area contributed by atoms with E-state index >= 15 is 0 Å². The van der Waals surface area contributed by atoms with Gasteiger partial charge < -0.3 is 19.6 Å². The molecule has 7 nitrogen and oxygen atoms in total. The Kier molecular flexibility index (Phi) is 6.26. The Morgan fingerprint density at radius 1 is 1.18 bits per heavy atom. The van der Waals surface area contributed by atoms with Gasteiger partial charge in [0.1, 0.15) is 11.3 Å². The lowest BCUT2D eigenvalue weighted by atomic mass is 10.1. The van der Waals surface area contributed by atoms with Gasteiger partial charge in [-0.05, 0) is 30.7 Å². The molecule has 0 atom stereocenters. The van der Waals surface area contributed by atoms with Crippen LogP contribution >= 0.6 is 0 Å². The van der Waals surface area contributed by atoms with Crippen LogP contribution in [-0.4, -0.2) is 28.6 Å². The predicted molar refractivity (Wildman–Crippen MR) is 105 cm³/mol. The van der Waals surface area contributed by atoms with Crippen molar-refractivity contribution in [2.45, 2.75) is 32.6 Å². The van der Waals surface area contributed by atoms with Crippen LogP contribution in [-0.2, 0) is 9.59 Å². The van der Waals surface area contributed by atoms with Gasteiger partial charge in [-0.2, -0.15) is 0 Å². The molecule has 28 heavy (non-hydrogen) atoms. The van der Waals surface area contributed by atoms with E-state index in [1.807, 2.05) is 18.2 Å². The molecule has 0 fully saturated rings. The maximum absolute atomic E-state index is 12.1. The number of hydrogen-bond donors (Lipinski definition) is 2. The number of carbonyl (C=O) groups excluding carboxylic acids is 1. The first-order valence-corrected chi connectivity index (χ1v) is 9.21. The van der Waals surface area contributed by atoms with Gasteiger partial charge >= 0.3 is 5.97 Å². The van der Waals surface area contributed by atoms with Crippen molar-refractivity contribution in [2.75, 3.05) is 11.9 Å². The molecule has 0 unspecified atom stereocenters. The van der Waals surface area contributed by atoms with Gasteiger partial charge in [-0.3, -0.25) is 4.79 Å². The minimum atomic E-state index is -1.10. The molecule has 1 heterocycles. The minimum Gasteiger partial charge on any atom is -0.481 e. The molecule has 3 aromatic rings. The van der Waals surface area contributed by atoms with Crippen LogP contribution in [0.2, 0.25) is 0 Å². The minimum absolute atomic E-state index is 0.0905. The molecule has 0 saturated carbocycles. The lowest BCUT2D eigenvalue weighted by Crippen LogP contribution is -2.12. The van der Waals surface area contributed by atoms with Gasteiger partial charge in [0, 0.05) is 18.2 Å². The molecule has 1 aromatic heterocycles. The zero-order chi connectivity index (χ0) is 19.9. The molecule has 2 N–H and O–H groups in total. The number of nitrogens with zero attached hydrogens (tertiary/aromatic N) is 1. The van der Waals surface area contributed by atoms with Crippen LogP contribution in [0.4, 0.5) is 5.69 Å². The van der Waals surface area contributed by atoms with Gasteiger partial charge in [-0.1, -0.05) is 31.9 Å². The molecule has 0 radical (unpaired) electrons. The summed E-state index contributed by atoms with van der Waals surface area (Å²) in [5.74, 6) is -0.590. The van der Waals surface area contributed by atoms with Crippen molar-refractivity contribution >= 4 is 28.7 Å². The number of ether oxygens (including phenoxy) is 1. The van der Waals surface area contributed by atoms with Gasteiger partial charge in [0.05, 0.1) is 5.56 Å². The Bertz CT molecular complexity index is 947. The van der Waals surface area contributed by atoms with Gasteiger partial charge in [-0.15, -0.1) is 0 Å². The maximum atomic E-state index is 12.1. The Hall–Kier alpha value is -3.35. The van der Waals surface area contributed by atoms with E-state index in [0.717, 1.165) is 19.3 Å². The zero-order valence-electron chi connectivity index (χ0n) is 15.6. The van der Waals surface area contributed by atoms with Crippen molar-refractivity contribution in [3.63, 3.8) is 0 Å². The summed E-state index contributed by atoms with van der Waals surface area (Å²) >= 11 is 0. The van der Waals surface area contributed by atoms with Gasteiger partial charge in [0.2, 0.25) is 11.8 Å². The number of anilines is 1. The van der Waals surface area contributed by atoms with E-state index in [4.69, 9.17) is 14.3 Å². The van der Waals surface area contributed by atoms with Crippen LogP contribution < -0.4 is 10.1 Å². The molecule has 0 saturated heterocycles. The SMILES string of the molecule is CCCCCC(=O)Nc1ccc(-c2nc3ccccc3o2)c(OCC(=O)O)c1. The second kappa shape index (κ2) is 9.03. The molecule has 0 aliphatic rings. The molecule has 146 valence electrons. The van der Waals surface area contributed by atoms with Crippen LogP contribution in [0.5, 0.6) is 5.75 Å². The van der Waals surface area contributed by atoms with Crippen LogP contribution in [0, 0.1) is 0 Å². The topological polar surface area (TPSA) is 102 Å². The van der Waals surface area contributed by atoms with Crippen molar-refractivity contribution < 1.29 is 23.8 Å². The molecule has 0 bridgehead atoms. The molecule has 0 aliphatic carbocycles. The Morgan fingerprint density at radius 3 is 2.75 bits per heavy atom. The van der Waals surface area contributed by atoms with E-state index in [9.17, 15) is 9.59 Å². The molecule has 7 heteroatoms. The second-order valence-electron chi connectivity index (χ2n) is 6.39. The quantitative estimate of drug-likeness (QED) is 0.529. The van der Waals surface area contributed by atoms with E-state index < -0.39 is 12.6 Å². The largest absolute Gasteiger partial charge is 0.481 e. The zero-order valence-corrected chi connectivity index (χ0v) is 15.6. The number of aromatic nitrogens is 1. The standard InChI is InChI=1S/C21H22N2O5/c1-2-3-4-9-19(24)22-14-10-11-15(18(12-14)27-13-20(25)26)21-23-16-7-5-6-8-17(16)28-21/h5-8,10-12H,2-4,9,13H2,1H3,(H,22,24)(H,25,26). The maximum Gasteiger partial charge on any atom is 0.341 e. The number of carboxylic acid groups (broad SMARTS) is 1. The van der Waals surface area contributed by atoms with E-state index in [1.54, 1.807) is 24.3 Å². The van der Waals surface area contributed by atoms with Gasteiger partial charge in [0.25, 0.3) is 0 Å². The average Bonchev–Trinajstić information content (AvgIpc) is 3.10. The van der Waals surface area contributed by atoms with Crippen molar-refractivity contribution in [2.24, 2.45) is 0 Å². The van der Waals surface area contributed by atoms with E-state index in [0.29, 0.717) is 34.7 Å². The highest BCUT2D eigenvalue weighted by atomic mass is 16.5. The number of amides is 1. The fraction of sp³-hybridized carbons (Fsp3) is 0.286. The average molecular weight is 382 g/mol. The molecular weight excluding hydrogens is 360 g/mol. The number of nitrogens with one attached hydrogen (secondary N) is 1. The third-order valence-electron chi connectivity index (χ3n) is 4.15. The number of carbonyl (C=O) groups is 2. The molecule has 0 aliphatic heterocycles. The highest BCUT2D eigenvalue weighted by Gasteiger charge is 2.16. The fourth-order valence-corrected chi connectivity index (χ4v) is 2.78. The first-order chi connectivity index (χ1) is 13.6. The lowest BCUT2D eigenvalue weighted by molar-refractivity contribution is -0.139. The fourth-order valence-electron chi connectivity index (χ4n) is 2.78. The summed E-state index contributed by atoms with van der Waals surface area (Å²) in [4.78, 5) is 27.4. The van der Waals surface area contributed by atoms with Crippen LogP contribution in [0.15, 0.2) is 46.9 Å². The van der Waals surface area contributed by atoms with Crippen molar-refractivity contribution in [1.29, 1.82) is 0 Å². The lowest BCUT2D eigenvalue weighted by Gasteiger charge is -2.11. The molecule has 3 rings (SSSR count). The smallest absolute Gasteiger partial charge is 0.341 e. The van der Waals surface area contributed by atoms with E-state index in [2.05, 4.69) is 17.2 Å². The molecule has 0 spiro atoms. The number of fused-ring (bicyclic) bond motifs is 1. The Morgan fingerprint density at radius 2 is 2.00 bits per heavy atom. The number of aliphatic carboxylic acids is 1. The first kappa shape index (κ1) is 19.4. The summed E-state index contributed by atoms with van der Waals surface area (Å²) in [6.07, 6.45) is 3.30. The Balaban J connectivity index is 1.86. The van der Waals surface area contributed by atoms with E-state index in [-0.39, 0.29) is 11.7 Å². The van der Waals surface area contributed by atoms with Crippen LogP contribution in [0.1, 0.15) is 32.6 Å². The number of oxazole rings is 1. The summed E-state index contributed by atoms with van der Waals surface area (Å²) in [6.45, 7) is 1.57. The third-order valence-corrected chi connectivity index (χ3v) is 4.15. The highest BCUT2D eigenvalue weighted by Crippen LogP contribution is 2.34. The summed E-state index contributed by atoms with van der Waals surface area (Å²) < 4.78 is 11.2. The number of unbranched alkanes of at least 4 members (excludes halogenated alkanes) is 2. The molecule has 2 aromatic carbocycles. The predicted octanol–water partition coefficient (Wildman–Crippen LogP) is 4.48. The summed E-state index contributed by atoms with van der Waals surface area (Å²) in [7, 11) is 0. The van der Waals surface area contributed by atoms with Crippen LogP contribution in [0.25, 0.3) is 22.6 Å². The van der Waals surface area contributed by atoms with Crippen molar-refractivity contribution in [3.05, 3.63) is 42.5 Å². The molecule has 1 amide bonds. The third kappa shape index (κ3) is 4.88. The summed E-state index contributed by atoms with van der Waals surface area (Å²) in [5, 5.41) is 11.8. The number of rotatable bonds is 9. The van der Waals surface area contributed by atoms with E-state index in [1.165, 1.54) is 0 Å². The summed E-state index contributed by atoms with van der Waals surface area (Å²) in [5.41, 5.74) is 2.35.